The summed E-state index contributed by atoms with van der Waals surface area (Å²) < 4.78 is 5.28. The molecule has 0 saturated carbocycles. The van der Waals surface area contributed by atoms with Crippen LogP contribution in [0.4, 0.5) is 0 Å². The molecule has 0 spiro atoms. The van der Waals surface area contributed by atoms with Gasteiger partial charge in [0, 0.05) is 19.8 Å². The first-order valence-corrected chi connectivity index (χ1v) is 6.32. The molecule has 0 aliphatic carbocycles. The van der Waals surface area contributed by atoms with Crippen LogP contribution in [-0.2, 0) is 4.74 Å². The molecule has 1 saturated heterocycles. The SMILES string of the molecule is Cc1ccc(C(=O)NCCC2CCOC2)c(O)c1. The maximum absolute atomic E-state index is 11.8. The fourth-order valence-corrected chi connectivity index (χ4v) is 2.13. The van der Waals surface area contributed by atoms with Gasteiger partial charge in [0.25, 0.3) is 5.91 Å². The number of hydrogen-bond acceptors (Lipinski definition) is 3. The molecule has 1 aromatic carbocycles. The number of ether oxygens (including phenoxy) is 1. The van der Waals surface area contributed by atoms with Crippen molar-refractivity contribution in [3.63, 3.8) is 0 Å². The number of carbonyl (C=O) groups is 1. The number of amides is 1. The van der Waals surface area contributed by atoms with Gasteiger partial charge in [0.2, 0.25) is 0 Å². The van der Waals surface area contributed by atoms with Gasteiger partial charge in [0.1, 0.15) is 5.75 Å². The summed E-state index contributed by atoms with van der Waals surface area (Å²) in [6.07, 6.45) is 2.00. The quantitative estimate of drug-likeness (QED) is 0.856. The number of rotatable bonds is 4. The minimum atomic E-state index is -0.216. The summed E-state index contributed by atoms with van der Waals surface area (Å²) in [5.74, 6) is 0.375. The van der Waals surface area contributed by atoms with Crippen LogP contribution in [0.15, 0.2) is 18.2 Å². The molecule has 0 radical (unpaired) electrons. The van der Waals surface area contributed by atoms with E-state index in [4.69, 9.17) is 4.74 Å². The first-order valence-electron chi connectivity index (χ1n) is 6.32. The van der Waals surface area contributed by atoms with E-state index in [0.29, 0.717) is 18.0 Å². The van der Waals surface area contributed by atoms with Crippen LogP contribution in [0.3, 0.4) is 0 Å². The standard InChI is InChI=1S/C14H19NO3/c1-10-2-3-12(13(16)8-10)14(17)15-6-4-11-5-7-18-9-11/h2-3,8,11,16H,4-7,9H2,1H3,(H,15,17). The number of carbonyl (C=O) groups excluding carboxylic acids is 1. The van der Waals surface area contributed by atoms with E-state index < -0.39 is 0 Å². The van der Waals surface area contributed by atoms with Crippen LogP contribution in [-0.4, -0.2) is 30.8 Å². The average Bonchev–Trinajstić information content (AvgIpc) is 2.81. The monoisotopic (exact) mass is 249 g/mol. The molecule has 0 aromatic heterocycles. The normalized spacial score (nSPS) is 18.8. The summed E-state index contributed by atoms with van der Waals surface area (Å²) >= 11 is 0. The zero-order chi connectivity index (χ0) is 13.0. The van der Waals surface area contributed by atoms with Gasteiger partial charge in [-0.1, -0.05) is 6.07 Å². The van der Waals surface area contributed by atoms with Gasteiger partial charge < -0.3 is 15.2 Å². The zero-order valence-electron chi connectivity index (χ0n) is 10.6. The topological polar surface area (TPSA) is 58.6 Å². The van der Waals surface area contributed by atoms with Crippen molar-refractivity contribution in [3.8, 4) is 5.75 Å². The second kappa shape index (κ2) is 5.87. The smallest absolute Gasteiger partial charge is 0.255 e. The third kappa shape index (κ3) is 3.23. The third-order valence-electron chi connectivity index (χ3n) is 3.26. The predicted octanol–water partition coefficient (Wildman–Crippen LogP) is 1.86. The molecule has 1 amide bonds. The van der Waals surface area contributed by atoms with Gasteiger partial charge in [-0.05, 0) is 43.4 Å². The van der Waals surface area contributed by atoms with Crippen molar-refractivity contribution < 1.29 is 14.6 Å². The Kier molecular flexibility index (Phi) is 4.20. The van der Waals surface area contributed by atoms with Crippen molar-refractivity contribution in [2.75, 3.05) is 19.8 Å². The second-order valence-corrected chi connectivity index (χ2v) is 4.79. The highest BCUT2D eigenvalue weighted by Crippen LogP contribution is 2.19. The molecule has 1 unspecified atom stereocenters. The first-order chi connectivity index (χ1) is 8.66. The van der Waals surface area contributed by atoms with E-state index >= 15 is 0 Å². The van der Waals surface area contributed by atoms with Crippen LogP contribution in [0.25, 0.3) is 0 Å². The fraction of sp³-hybridized carbons (Fsp3) is 0.500. The number of nitrogens with one attached hydrogen (secondary N) is 1. The van der Waals surface area contributed by atoms with Crippen molar-refractivity contribution in [3.05, 3.63) is 29.3 Å². The fourth-order valence-electron chi connectivity index (χ4n) is 2.13. The minimum absolute atomic E-state index is 0.0386. The Bertz CT molecular complexity index is 425. The predicted molar refractivity (Wildman–Crippen MR) is 68.7 cm³/mol. The average molecular weight is 249 g/mol. The number of phenolic OH excluding ortho intramolecular Hbond substituents is 1. The van der Waals surface area contributed by atoms with Crippen LogP contribution < -0.4 is 5.32 Å². The molecule has 1 heterocycles. The van der Waals surface area contributed by atoms with Crippen LogP contribution in [0.5, 0.6) is 5.75 Å². The highest BCUT2D eigenvalue weighted by molar-refractivity contribution is 5.96. The molecular formula is C14H19NO3. The lowest BCUT2D eigenvalue weighted by Gasteiger charge is -2.10. The summed E-state index contributed by atoms with van der Waals surface area (Å²) in [4.78, 5) is 11.8. The lowest BCUT2D eigenvalue weighted by atomic mass is 10.1. The van der Waals surface area contributed by atoms with Gasteiger partial charge in [-0.25, -0.2) is 0 Å². The molecule has 1 fully saturated rings. The van der Waals surface area contributed by atoms with Gasteiger partial charge in [-0.3, -0.25) is 4.79 Å². The molecule has 1 aliphatic heterocycles. The molecule has 18 heavy (non-hydrogen) atoms. The second-order valence-electron chi connectivity index (χ2n) is 4.79. The van der Waals surface area contributed by atoms with E-state index in [1.54, 1.807) is 12.1 Å². The highest BCUT2D eigenvalue weighted by atomic mass is 16.5. The van der Waals surface area contributed by atoms with E-state index in [9.17, 15) is 9.90 Å². The molecule has 1 aliphatic rings. The van der Waals surface area contributed by atoms with Crippen molar-refractivity contribution in [1.82, 2.24) is 5.32 Å². The van der Waals surface area contributed by atoms with E-state index in [1.165, 1.54) is 0 Å². The van der Waals surface area contributed by atoms with Crippen LogP contribution in [0, 0.1) is 12.8 Å². The maximum atomic E-state index is 11.8. The van der Waals surface area contributed by atoms with Crippen molar-refractivity contribution in [2.24, 2.45) is 5.92 Å². The van der Waals surface area contributed by atoms with E-state index in [1.807, 2.05) is 13.0 Å². The lowest BCUT2D eigenvalue weighted by Crippen LogP contribution is -2.26. The van der Waals surface area contributed by atoms with Gasteiger partial charge >= 0.3 is 0 Å². The Morgan fingerprint density at radius 1 is 1.56 bits per heavy atom. The summed E-state index contributed by atoms with van der Waals surface area (Å²) in [5, 5.41) is 12.5. The molecule has 2 N–H and O–H groups in total. The highest BCUT2D eigenvalue weighted by Gasteiger charge is 2.16. The number of benzene rings is 1. The maximum Gasteiger partial charge on any atom is 0.255 e. The molecule has 98 valence electrons. The minimum Gasteiger partial charge on any atom is -0.507 e. The third-order valence-corrected chi connectivity index (χ3v) is 3.26. The number of aryl methyl sites for hydroxylation is 1. The van der Waals surface area contributed by atoms with Gasteiger partial charge in [-0.2, -0.15) is 0 Å². The lowest BCUT2D eigenvalue weighted by molar-refractivity contribution is 0.0948. The molecule has 1 atom stereocenters. The van der Waals surface area contributed by atoms with Crippen molar-refractivity contribution in [1.29, 1.82) is 0 Å². The summed E-state index contributed by atoms with van der Waals surface area (Å²) in [5.41, 5.74) is 1.27. The molecule has 4 heteroatoms. The van der Waals surface area contributed by atoms with Gasteiger partial charge in [0.15, 0.2) is 0 Å². The Labute approximate surface area is 107 Å². The Morgan fingerprint density at radius 2 is 2.39 bits per heavy atom. The Morgan fingerprint density at radius 3 is 3.06 bits per heavy atom. The van der Waals surface area contributed by atoms with Crippen LogP contribution in [0.1, 0.15) is 28.8 Å². The first kappa shape index (κ1) is 12.9. The van der Waals surface area contributed by atoms with Gasteiger partial charge in [-0.15, -0.1) is 0 Å². The summed E-state index contributed by atoms with van der Waals surface area (Å²) in [7, 11) is 0. The molecular weight excluding hydrogens is 230 g/mol. The Hall–Kier alpha value is -1.55. The number of phenols is 1. The zero-order valence-corrected chi connectivity index (χ0v) is 10.6. The van der Waals surface area contributed by atoms with E-state index in [-0.39, 0.29) is 11.7 Å². The summed E-state index contributed by atoms with van der Waals surface area (Å²) in [6.45, 7) is 4.13. The van der Waals surface area contributed by atoms with Crippen LogP contribution >= 0.6 is 0 Å². The van der Waals surface area contributed by atoms with Gasteiger partial charge in [0.05, 0.1) is 5.56 Å². The van der Waals surface area contributed by atoms with E-state index in [0.717, 1.165) is 31.6 Å². The van der Waals surface area contributed by atoms with Crippen LogP contribution in [0.2, 0.25) is 0 Å². The largest absolute Gasteiger partial charge is 0.507 e. The molecule has 0 bridgehead atoms. The molecule has 4 nitrogen and oxygen atoms in total. The summed E-state index contributed by atoms with van der Waals surface area (Å²) in [6, 6.07) is 5.07. The Balaban J connectivity index is 1.83. The molecule has 1 aromatic rings. The van der Waals surface area contributed by atoms with Crippen molar-refractivity contribution >= 4 is 5.91 Å². The molecule has 2 rings (SSSR count). The van der Waals surface area contributed by atoms with E-state index in [2.05, 4.69) is 5.32 Å². The van der Waals surface area contributed by atoms with Crippen molar-refractivity contribution in [2.45, 2.75) is 19.8 Å². The number of hydrogen-bond donors (Lipinski definition) is 2. The number of aromatic hydroxyl groups is 1.